The third-order valence-corrected chi connectivity index (χ3v) is 4.30. The first-order chi connectivity index (χ1) is 9.71. The maximum atomic E-state index is 12.3. The Kier molecular flexibility index (Phi) is 8.86. The highest BCUT2D eigenvalue weighted by Crippen LogP contribution is 2.18. The Morgan fingerprint density at radius 3 is 2.30 bits per heavy atom. The van der Waals surface area contributed by atoms with Gasteiger partial charge in [-0.05, 0) is 38.3 Å². The van der Waals surface area contributed by atoms with Crippen LogP contribution >= 0.6 is 0 Å². The first-order valence-electron chi connectivity index (χ1n) is 8.41. The van der Waals surface area contributed by atoms with Gasteiger partial charge in [-0.1, -0.05) is 26.7 Å². The first-order valence-corrected chi connectivity index (χ1v) is 8.41. The highest BCUT2D eigenvalue weighted by Gasteiger charge is 2.21. The molecular weight excluding hydrogens is 250 g/mol. The van der Waals surface area contributed by atoms with Gasteiger partial charge in [-0.3, -0.25) is 9.69 Å². The van der Waals surface area contributed by atoms with Crippen LogP contribution in [0.5, 0.6) is 0 Å². The Morgan fingerprint density at radius 2 is 1.75 bits per heavy atom. The number of carbonyl (C=O) groups is 1. The molecule has 0 saturated carbocycles. The lowest BCUT2D eigenvalue weighted by atomic mass is 9.94. The van der Waals surface area contributed by atoms with Crippen molar-refractivity contribution in [2.45, 2.75) is 52.4 Å². The molecule has 0 aromatic heterocycles. The first kappa shape index (κ1) is 17.4. The summed E-state index contributed by atoms with van der Waals surface area (Å²) in [5, 5.41) is 0. The Hall–Kier alpha value is -0.610. The van der Waals surface area contributed by atoms with Gasteiger partial charge >= 0.3 is 0 Å². The molecule has 0 aromatic carbocycles. The SMILES string of the molecule is CCCC(CCN)CCC(=O)N1CCN(CCC)CC1. The molecule has 1 saturated heterocycles. The second kappa shape index (κ2) is 10.2. The summed E-state index contributed by atoms with van der Waals surface area (Å²) in [4.78, 5) is 16.8. The molecule has 1 unspecified atom stereocenters. The third-order valence-electron chi connectivity index (χ3n) is 4.30. The van der Waals surface area contributed by atoms with E-state index in [9.17, 15) is 4.79 Å². The molecule has 2 N–H and O–H groups in total. The molecule has 0 aliphatic carbocycles. The maximum absolute atomic E-state index is 12.3. The van der Waals surface area contributed by atoms with Crippen LogP contribution in [0, 0.1) is 5.92 Å². The fourth-order valence-corrected chi connectivity index (χ4v) is 3.10. The van der Waals surface area contributed by atoms with Crippen molar-refractivity contribution in [3.05, 3.63) is 0 Å². The zero-order valence-corrected chi connectivity index (χ0v) is 13.4. The molecule has 1 aliphatic rings. The number of piperazine rings is 1. The highest BCUT2D eigenvalue weighted by atomic mass is 16.2. The van der Waals surface area contributed by atoms with Crippen molar-refractivity contribution >= 4 is 5.91 Å². The molecule has 0 spiro atoms. The van der Waals surface area contributed by atoms with E-state index in [2.05, 4.69) is 23.6 Å². The van der Waals surface area contributed by atoms with Crippen LogP contribution in [0.1, 0.15) is 52.4 Å². The third kappa shape index (κ3) is 6.23. The van der Waals surface area contributed by atoms with Crippen LogP contribution in [0.3, 0.4) is 0 Å². The quantitative estimate of drug-likeness (QED) is 0.705. The number of carbonyl (C=O) groups excluding carboxylic acids is 1. The second-order valence-corrected chi connectivity index (χ2v) is 5.99. The number of rotatable bonds is 9. The number of hydrogen-bond acceptors (Lipinski definition) is 3. The lowest BCUT2D eigenvalue weighted by Crippen LogP contribution is -2.48. The molecule has 1 aliphatic heterocycles. The second-order valence-electron chi connectivity index (χ2n) is 5.99. The van der Waals surface area contributed by atoms with Gasteiger partial charge in [0.1, 0.15) is 0 Å². The van der Waals surface area contributed by atoms with Crippen LogP contribution < -0.4 is 5.73 Å². The van der Waals surface area contributed by atoms with E-state index in [1.165, 1.54) is 19.3 Å². The zero-order chi connectivity index (χ0) is 14.8. The summed E-state index contributed by atoms with van der Waals surface area (Å²) in [5.41, 5.74) is 5.65. The molecule has 4 heteroatoms. The average Bonchev–Trinajstić information content (AvgIpc) is 2.46. The van der Waals surface area contributed by atoms with Crippen molar-refractivity contribution in [1.29, 1.82) is 0 Å². The molecule has 0 bridgehead atoms. The maximum Gasteiger partial charge on any atom is 0.222 e. The number of nitrogens with two attached hydrogens (primary N) is 1. The molecule has 20 heavy (non-hydrogen) atoms. The van der Waals surface area contributed by atoms with Crippen molar-refractivity contribution in [3.63, 3.8) is 0 Å². The van der Waals surface area contributed by atoms with Crippen LogP contribution in [0.25, 0.3) is 0 Å². The minimum atomic E-state index is 0.347. The van der Waals surface area contributed by atoms with E-state index in [0.29, 0.717) is 18.2 Å². The topological polar surface area (TPSA) is 49.6 Å². The van der Waals surface area contributed by atoms with Gasteiger partial charge in [0.15, 0.2) is 0 Å². The van der Waals surface area contributed by atoms with Crippen LogP contribution in [-0.2, 0) is 4.79 Å². The van der Waals surface area contributed by atoms with E-state index in [0.717, 1.165) is 52.1 Å². The molecule has 4 nitrogen and oxygen atoms in total. The number of nitrogens with zero attached hydrogens (tertiary/aromatic N) is 2. The van der Waals surface area contributed by atoms with Gasteiger partial charge in [-0.2, -0.15) is 0 Å². The predicted octanol–water partition coefficient (Wildman–Crippen LogP) is 2.09. The molecule has 1 rings (SSSR count). The van der Waals surface area contributed by atoms with Crippen molar-refractivity contribution in [1.82, 2.24) is 9.80 Å². The monoisotopic (exact) mass is 283 g/mol. The molecule has 1 heterocycles. The lowest BCUT2D eigenvalue weighted by Gasteiger charge is -2.34. The summed E-state index contributed by atoms with van der Waals surface area (Å²) in [6, 6.07) is 0. The van der Waals surface area contributed by atoms with Gasteiger partial charge in [-0.15, -0.1) is 0 Å². The summed E-state index contributed by atoms with van der Waals surface area (Å²) >= 11 is 0. The Morgan fingerprint density at radius 1 is 1.05 bits per heavy atom. The van der Waals surface area contributed by atoms with Gasteiger partial charge in [0, 0.05) is 32.6 Å². The smallest absolute Gasteiger partial charge is 0.222 e. The summed E-state index contributed by atoms with van der Waals surface area (Å²) in [7, 11) is 0. The van der Waals surface area contributed by atoms with Gasteiger partial charge in [0.25, 0.3) is 0 Å². The summed E-state index contributed by atoms with van der Waals surface area (Å²) in [6.07, 6.45) is 6.37. The summed E-state index contributed by atoms with van der Waals surface area (Å²) in [5.74, 6) is 0.981. The number of hydrogen-bond donors (Lipinski definition) is 1. The van der Waals surface area contributed by atoms with Gasteiger partial charge in [0.05, 0.1) is 0 Å². The van der Waals surface area contributed by atoms with Crippen LogP contribution in [-0.4, -0.2) is 55.0 Å². The normalized spacial score (nSPS) is 18.2. The van der Waals surface area contributed by atoms with E-state index >= 15 is 0 Å². The van der Waals surface area contributed by atoms with Crippen LogP contribution in [0.4, 0.5) is 0 Å². The van der Waals surface area contributed by atoms with E-state index in [1.807, 2.05) is 0 Å². The zero-order valence-electron chi connectivity index (χ0n) is 13.4. The fraction of sp³-hybridized carbons (Fsp3) is 0.938. The molecule has 118 valence electrons. The summed E-state index contributed by atoms with van der Waals surface area (Å²) < 4.78 is 0. The van der Waals surface area contributed by atoms with E-state index in [4.69, 9.17) is 5.73 Å². The van der Waals surface area contributed by atoms with Crippen molar-refractivity contribution in [2.24, 2.45) is 11.7 Å². The minimum Gasteiger partial charge on any atom is -0.340 e. The Balaban J connectivity index is 2.25. The Labute approximate surface area is 124 Å². The van der Waals surface area contributed by atoms with Gasteiger partial charge in [0.2, 0.25) is 5.91 Å². The largest absolute Gasteiger partial charge is 0.340 e. The summed E-state index contributed by atoms with van der Waals surface area (Å²) in [6.45, 7) is 10.2. The molecule has 0 aromatic rings. The van der Waals surface area contributed by atoms with Crippen LogP contribution in [0.15, 0.2) is 0 Å². The molecule has 1 fully saturated rings. The lowest BCUT2D eigenvalue weighted by molar-refractivity contribution is -0.133. The standard InChI is InChI=1S/C16H33N3O/c1-3-5-15(8-9-17)6-7-16(20)19-13-11-18(10-4-2)12-14-19/h15H,3-14,17H2,1-2H3. The Bertz CT molecular complexity index is 256. The predicted molar refractivity (Wildman–Crippen MR) is 84.6 cm³/mol. The van der Waals surface area contributed by atoms with Gasteiger partial charge in [-0.25, -0.2) is 0 Å². The van der Waals surface area contributed by atoms with E-state index in [-0.39, 0.29) is 0 Å². The van der Waals surface area contributed by atoms with Crippen molar-refractivity contribution in [2.75, 3.05) is 39.3 Å². The molecular formula is C16H33N3O. The molecule has 1 amide bonds. The molecule has 1 atom stereocenters. The highest BCUT2D eigenvalue weighted by molar-refractivity contribution is 5.76. The fourth-order valence-electron chi connectivity index (χ4n) is 3.10. The van der Waals surface area contributed by atoms with Crippen molar-refractivity contribution < 1.29 is 4.79 Å². The van der Waals surface area contributed by atoms with Crippen LogP contribution in [0.2, 0.25) is 0 Å². The number of amides is 1. The average molecular weight is 283 g/mol. The van der Waals surface area contributed by atoms with E-state index in [1.54, 1.807) is 0 Å². The van der Waals surface area contributed by atoms with Gasteiger partial charge < -0.3 is 10.6 Å². The minimum absolute atomic E-state index is 0.347. The van der Waals surface area contributed by atoms with Crippen molar-refractivity contribution in [3.8, 4) is 0 Å². The molecule has 0 radical (unpaired) electrons. The van der Waals surface area contributed by atoms with E-state index < -0.39 is 0 Å².